The minimum atomic E-state index is -1.04. The molecule has 1 aromatic rings. The third-order valence-electron chi connectivity index (χ3n) is 7.03. The van der Waals surface area contributed by atoms with E-state index in [2.05, 4.69) is 5.32 Å². The van der Waals surface area contributed by atoms with Crippen molar-refractivity contribution in [3.05, 3.63) is 29.8 Å². The van der Waals surface area contributed by atoms with Crippen molar-refractivity contribution in [3.8, 4) is 0 Å². The molecule has 3 amide bonds. The molecule has 4 rings (SSSR count). The lowest BCUT2D eigenvalue weighted by molar-refractivity contribution is -0.162. The maximum Gasteiger partial charge on any atom is 0.330 e. The molecule has 5 atom stereocenters. The van der Waals surface area contributed by atoms with Gasteiger partial charge in [0.05, 0.1) is 11.8 Å². The van der Waals surface area contributed by atoms with Crippen LogP contribution in [-0.2, 0) is 23.9 Å². The van der Waals surface area contributed by atoms with E-state index in [0.29, 0.717) is 11.3 Å². The van der Waals surface area contributed by atoms with Gasteiger partial charge in [0.25, 0.3) is 5.91 Å². The Kier molecular flexibility index (Phi) is 5.88. The molecule has 1 N–H and O–H groups in total. The van der Waals surface area contributed by atoms with Gasteiger partial charge in [-0.25, -0.2) is 4.79 Å². The van der Waals surface area contributed by atoms with Crippen LogP contribution in [0.2, 0.25) is 0 Å². The van der Waals surface area contributed by atoms with Gasteiger partial charge in [-0.3, -0.25) is 24.1 Å². The van der Waals surface area contributed by atoms with Gasteiger partial charge in [0, 0.05) is 11.3 Å². The summed E-state index contributed by atoms with van der Waals surface area (Å²) in [7, 11) is 0. The van der Waals surface area contributed by atoms with E-state index >= 15 is 0 Å². The molecule has 2 bridgehead atoms. The summed E-state index contributed by atoms with van der Waals surface area (Å²) in [6.07, 6.45) is 2.84. The van der Waals surface area contributed by atoms with Crippen molar-refractivity contribution in [1.29, 1.82) is 0 Å². The van der Waals surface area contributed by atoms with Crippen molar-refractivity contribution in [3.63, 3.8) is 0 Å². The van der Waals surface area contributed by atoms with Crippen LogP contribution in [0.4, 0.5) is 5.69 Å². The molecule has 1 aromatic carbocycles. The predicted molar refractivity (Wildman–Crippen MR) is 114 cm³/mol. The molecular formula is C24H28N2O6. The zero-order valence-electron chi connectivity index (χ0n) is 18.5. The van der Waals surface area contributed by atoms with Gasteiger partial charge in [0.1, 0.15) is 6.04 Å². The van der Waals surface area contributed by atoms with Crippen molar-refractivity contribution in [2.45, 2.75) is 46.1 Å². The van der Waals surface area contributed by atoms with Crippen molar-refractivity contribution in [1.82, 2.24) is 4.90 Å². The second-order valence-corrected chi connectivity index (χ2v) is 9.41. The Balaban J connectivity index is 1.38. The van der Waals surface area contributed by atoms with Crippen LogP contribution >= 0.6 is 0 Å². The number of fused-ring (bicyclic) bond motifs is 5. The zero-order valence-corrected chi connectivity index (χ0v) is 18.5. The molecular weight excluding hydrogens is 412 g/mol. The van der Waals surface area contributed by atoms with E-state index in [4.69, 9.17) is 4.74 Å². The van der Waals surface area contributed by atoms with Crippen molar-refractivity contribution in [2.75, 3.05) is 11.9 Å². The summed E-state index contributed by atoms with van der Waals surface area (Å²) in [5, 5.41) is 2.60. The Labute approximate surface area is 186 Å². The average Bonchev–Trinajstić information content (AvgIpc) is 3.42. The average molecular weight is 440 g/mol. The molecule has 1 saturated heterocycles. The van der Waals surface area contributed by atoms with Crippen molar-refractivity contribution in [2.24, 2.45) is 29.6 Å². The van der Waals surface area contributed by atoms with Gasteiger partial charge >= 0.3 is 5.97 Å². The molecule has 0 unspecified atom stereocenters. The van der Waals surface area contributed by atoms with Gasteiger partial charge in [-0.05, 0) is 68.2 Å². The third-order valence-corrected chi connectivity index (χ3v) is 7.03. The van der Waals surface area contributed by atoms with Crippen molar-refractivity contribution >= 4 is 35.2 Å². The van der Waals surface area contributed by atoms with E-state index in [-0.39, 0.29) is 47.2 Å². The molecule has 0 aromatic heterocycles. The number of Topliss-reactive ketones (excluding diaryl/α,β-unsaturated/α-hetero) is 1. The number of anilines is 1. The number of carbonyl (C=O) groups excluding carboxylic acids is 5. The molecule has 1 heterocycles. The molecule has 1 aliphatic heterocycles. The number of ketones is 1. The highest BCUT2D eigenvalue weighted by atomic mass is 16.5. The molecule has 32 heavy (non-hydrogen) atoms. The van der Waals surface area contributed by atoms with Crippen LogP contribution in [0.5, 0.6) is 0 Å². The molecule has 3 fully saturated rings. The van der Waals surface area contributed by atoms with Crippen LogP contribution in [0, 0.1) is 29.6 Å². The van der Waals surface area contributed by atoms with Crippen LogP contribution in [-0.4, -0.2) is 47.0 Å². The van der Waals surface area contributed by atoms with E-state index in [1.807, 2.05) is 0 Å². The molecule has 0 radical (unpaired) electrons. The van der Waals surface area contributed by atoms with Gasteiger partial charge in [-0.1, -0.05) is 13.8 Å². The van der Waals surface area contributed by atoms with Gasteiger partial charge in [0.2, 0.25) is 11.8 Å². The standard InChI is InChI=1S/C24H28N2O6/c1-12(2)21(26-22(29)19-15-4-5-16(10-15)20(19)23(26)30)24(31)32-11-18(28)25-17-8-6-14(7-9-17)13(3)27/h6-9,12,15-16,19-21H,4-5,10-11H2,1-3H3,(H,25,28)/t15-,16-,19-,20+,21-/m0/s1. The zero-order chi connectivity index (χ0) is 23.2. The van der Waals surface area contributed by atoms with Gasteiger partial charge in [-0.2, -0.15) is 0 Å². The van der Waals surface area contributed by atoms with Gasteiger partial charge < -0.3 is 10.1 Å². The van der Waals surface area contributed by atoms with Crippen LogP contribution in [0.1, 0.15) is 50.4 Å². The first kappa shape index (κ1) is 22.2. The first-order valence-electron chi connectivity index (χ1n) is 11.1. The van der Waals surface area contributed by atoms with E-state index in [9.17, 15) is 24.0 Å². The van der Waals surface area contributed by atoms with E-state index in [1.165, 1.54) is 6.92 Å². The fraction of sp³-hybridized carbons (Fsp3) is 0.542. The summed E-state index contributed by atoms with van der Waals surface area (Å²) in [6, 6.07) is 5.31. The van der Waals surface area contributed by atoms with Crippen LogP contribution in [0.15, 0.2) is 24.3 Å². The second-order valence-electron chi connectivity index (χ2n) is 9.41. The molecule has 2 saturated carbocycles. The van der Waals surface area contributed by atoms with Crippen LogP contribution < -0.4 is 5.32 Å². The number of benzene rings is 1. The highest BCUT2D eigenvalue weighted by molar-refractivity contribution is 6.08. The number of rotatable bonds is 7. The normalized spacial score (nSPS) is 26.9. The van der Waals surface area contributed by atoms with E-state index in [1.54, 1.807) is 38.1 Å². The maximum atomic E-state index is 13.1. The Bertz CT molecular complexity index is 941. The minimum Gasteiger partial charge on any atom is -0.454 e. The topological polar surface area (TPSA) is 110 Å². The monoisotopic (exact) mass is 440 g/mol. The fourth-order valence-electron chi connectivity index (χ4n) is 5.59. The number of amides is 3. The number of imide groups is 1. The van der Waals surface area contributed by atoms with Gasteiger partial charge in [-0.15, -0.1) is 0 Å². The molecule has 8 nitrogen and oxygen atoms in total. The summed E-state index contributed by atoms with van der Waals surface area (Å²) in [5.41, 5.74) is 0.983. The summed E-state index contributed by atoms with van der Waals surface area (Å²) in [4.78, 5) is 63.7. The first-order chi connectivity index (χ1) is 15.2. The lowest BCUT2D eigenvalue weighted by Gasteiger charge is -2.28. The number of hydrogen-bond donors (Lipinski definition) is 1. The largest absolute Gasteiger partial charge is 0.454 e. The van der Waals surface area contributed by atoms with Gasteiger partial charge in [0.15, 0.2) is 12.4 Å². The molecule has 170 valence electrons. The quantitative estimate of drug-likeness (QED) is 0.396. The smallest absolute Gasteiger partial charge is 0.330 e. The highest BCUT2D eigenvalue weighted by Gasteiger charge is 2.62. The number of nitrogens with zero attached hydrogens (tertiary/aromatic N) is 1. The summed E-state index contributed by atoms with van der Waals surface area (Å²) in [6.45, 7) is 4.43. The minimum absolute atomic E-state index is 0.0836. The number of carbonyl (C=O) groups is 5. The SMILES string of the molecule is CC(=O)c1ccc(NC(=O)COC(=O)[C@H](C(C)C)N2C(=O)[C@@H]3[C@H]4CC[C@@H](C4)[C@@H]3C2=O)cc1. The second kappa shape index (κ2) is 8.48. The number of likely N-dealkylation sites (tertiary alicyclic amines) is 1. The molecule has 2 aliphatic carbocycles. The van der Waals surface area contributed by atoms with E-state index < -0.39 is 24.5 Å². The number of hydrogen-bond acceptors (Lipinski definition) is 6. The number of nitrogens with one attached hydrogen (secondary N) is 1. The summed E-state index contributed by atoms with van der Waals surface area (Å²) >= 11 is 0. The Morgan fingerprint density at radius 1 is 1.03 bits per heavy atom. The van der Waals surface area contributed by atoms with Crippen LogP contribution in [0.3, 0.4) is 0 Å². The third kappa shape index (κ3) is 3.82. The molecule has 0 spiro atoms. The Morgan fingerprint density at radius 2 is 1.59 bits per heavy atom. The molecule has 8 heteroatoms. The lowest BCUT2D eigenvalue weighted by Crippen LogP contribution is -2.50. The highest BCUT2D eigenvalue weighted by Crippen LogP contribution is 2.56. The van der Waals surface area contributed by atoms with E-state index in [0.717, 1.165) is 24.2 Å². The summed E-state index contributed by atoms with van der Waals surface area (Å²) < 4.78 is 5.21. The first-order valence-corrected chi connectivity index (χ1v) is 11.1. The van der Waals surface area contributed by atoms with Crippen LogP contribution in [0.25, 0.3) is 0 Å². The Hall–Kier alpha value is -3.03. The maximum absolute atomic E-state index is 13.1. The number of esters is 1. The number of ether oxygens (including phenoxy) is 1. The molecule has 3 aliphatic rings. The summed E-state index contributed by atoms with van der Waals surface area (Å²) in [5.74, 6) is -2.41. The fourth-order valence-corrected chi connectivity index (χ4v) is 5.59. The lowest BCUT2D eigenvalue weighted by atomic mass is 9.81. The Morgan fingerprint density at radius 3 is 2.09 bits per heavy atom. The van der Waals surface area contributed by atoms with Crippen molar-refractivity contribution < 1.29 is 28.7 Å². The predicted octanol–water partition coefficient (Wildman–Crippen LogP) is 2.43.